The van der Waals surface area contributed by atoms with Gasteiger partial charge in [-0.3, -0.25) is 24.6 Å². The fraction of sp³-hybridized carbons (Fsp3) is 0.375. The third kappa shape index (κ3) is 8.01. The van der Waals surface area contributed by atoms with Crippen LogP contribution in [0.25, 0.3) is 0 Å². The van der Waals surface area contributed by atoms with Crippen molar-refractivity contribution in [1.82, 2.24) is 10.2 Å². The number of non-ortho nitro benzene ring substituents is 1. The lowest BCUT2D eigenvalue weighted by atomic mass is 10.1. The first-order chi connectivity index (χ1) is 21.8. The summed E-state index contributed by atoms with van der Waals surface area (Å²) in [6.07, 6.45) is 0.799. The molecule has 2 aliphatic heterocycles. The van der Waals surface area contributed by atoms with Gasteiger partial charge in [-0.25, -0.2) is 0 Å². The van der Waals surface area contributed by atoms with E-state index in [9.17, 15) is 19.7 Å². The summed E-state index contributed by atoms with van der Waals surface area (Å²) in [6, 6.07) is 16.8. The van der Waals surface area contributed by atoms with Crippen LogP contribution in [-0.4, -0.2) is 94.3 Å². The fourth-order valence-electron chi connectivity index (χ4n) is 5.58. The van der Waals surface area contributed by atoms with Gasteiger partial charge in [0.2, 0.25) is 0 Å². The van der Waals surface area contributed by atoms with Gasteiger partial charge in [0, 0.05) is 69.3 Å². The van der Waals surface area contributed by atoms with Crippen molar-refractivity contribution in [1.29, 1.82) is 0 Å². The predicted octanol–water partition coefficient (Wildman–Crippen LogP) is 4.29. The lowest BCUT2D eigenvalue weighted by Crippen LogP contribution is -2.47. The van der Waals surface area contributed by atoms with Crippen molar-refractivity contribution in [2.45, 2.75) is 6.42 Å². The number of carbonyl (C=O) groups is 2. The van der Waals surface area contributed by atoms with E-state index in [-0.39, 0.29) is 22.2 Å². The topological polar surface area (TPSA) is 130 Å². The molecular weight excluding hydrogens is 600 g/mol. The molecule has 0 aromatic heterocycles. The van der Waals surface area contributed by atoms with Crippen molar-refractivity contribution < 1.29 is 24.0 Å². The maximum atomic E-state index is 13.6. The summed E-state index contributed by atoms with van der Waals surface area (Å²) in [5.41, 5.74) is 2.53. The summed E-state index contributed by atoms with van der Waals surface area (Å²) in [4.78, 5) is 43.9. The second kappa shape index (κ2) is 15.1. The number of hydrogen-bond donors (Lipinski definition) is 2. The van der Waals surface area contributed by atoms with Crippen LogP contribution in [0, 0.1) is 10.1 Å². The molecule has 12 nitrogen and oxygen atoms in total. The zero-order chi connectivity index (χ0) is 31.8. The number of para-hydroxylation sites is 2. The van der Waals surface area contributed by atoms with Gasteiger partial charge in [-0.2, -0.15) is 0 Å². The smallest absolute Gasteiger partial charge is 0.270 e. The van der Waals surface area contributed by atoms with Gasteiger partial charge < -0.3 is 29.9 Å². The third-order valence-electron chi connectivity index (χ3n) is 7.99. The number of nitrogens with one attached hydrogen (secondary N) is 2. The molecule has 0 atom stereocenters. The minimum atomic E-state index is -0.575. The van der Waals surface area contributed by atoms with E-state index in [0.717, 1.165) is 75.5 Å². The number of nitro groups is 1. The van der Waals surface area contributed by atoms with Gasteiger partial charge in [0.05, 0.1) is 47.1 Å². The molecule has 2 amide bonds. The van der Waals surface area contributed by atoms with Gasteiger partial charge in [-0.1, -0.05) is 23.7 Å². The molecule has 0 saturated carbocycles. The summed E-state index contributed by atoms with van der Waals surface area (Å²) in [5.74, 6) is 0.0462. The van der Waals surface area contributed by atoms with E-state index in [2.05, 4.69) is 25.3 Å². The second-order valence-electron chi connectivity index (χ2n) is 10.8. The van der Waals surface area contributed by atoms with Gasteiger partial charge in [-0.05, 0) is 49.4 Å². The van der Waals surface area contributed by atoms with Crippen molar-refractivity contribution in [3.8, 4) is 5.75 Å². The maximum absolute atomic E-state index is 13.6. The minimum Gasteiger partial charge on any atom is -0.495 e. The molecular formula is C32H37ClN6O6. The Kier molecular flexibility index (Phi) is 10.7. The molecule has 2 N–H and O–H groups in total. The highest BCUT2D eigenvalue weighted by Crippen LogP contribution is 2.31. The summed E-state index contributed by atoms with van der Waals surface area (Å²) in [5, 5.41) is 16.9. The van der Waals surface area contributed by atoms with Crippen LogP contribution in [0.4, 0.5) is 22.7 Å². The molecule has 3 aromatic carbocycles. The molecule has 5 rings (SSSR count). The number of nitrogens with zero attached hydrogens (tertiary/aromatic N) is 4. The standard InChI is InChI=1S/C32H37ClN6O6/c1-44-30-6-3-2-5-29(30)38-15-13-37(14-16-38)28-10-7-23(35-32(41)25-9-8-24(39(42)43)22-27(25)33)21-26(28)31(40)34-11-4-12-36-17-19-45-20-18-36/h2-3,5-10,21-22H,4,11-20H2,1H3,(H,34,40)(H,35,41). The van der Waals surface area contributed by atoms with E-state index >= 15 is 0 Å². The molecule has 3 aromatic rings. The Bertz CT molecular complexity index is 1520. The highest BCUT2D eigenvalue weighted by atomic mass is 35.5. The molecule has 2 saturated heterocycles. The lowest BCUT2D eigenvalue weighted by Gasteiger charge is -2.38. The molecule has 13 heteroatoms. The monoisotopic (exact) mass is 636 g/mol. The van der Waals surface area contributed by atoms with Gasteiger partial charge in [0.15, 0.2) is 0 Å². The van der Waals surface area contributed by atoms with Gasteiger partial charge in [0.1, 0.15) is 5.75 Å². The Hall–Kier alpha value is -4.39. The Morgan fingerprint density at radius 3 is 2.31 bits per heavy atom. The normalized spacial score (nSPS) is 15.4. The molecule has 0 spiro atoms. The average molecular weight is 637 g/mol. The molecule has 0 unspecified atom stereocenters. The lowest BCUT2D eigenvalue weighted by molar-refractivity contribution is -0.384. The van der Waals surface area contributed by atoms with Gasteiger partial charge >= 0.3 is 0 Å². The summed E-state index contributed by atoms with van der Waals surface area (Å²) < 4.78 is 11.0. The molecule has 2 heterocycles. The second-order valence-corrected chi connectivity index (χ2v) is 11.2. The average Bonchev–Trinajstić information content (AvgIpc) is 3.07. The number of halogens is 1. The Labute approximate surface area is 267 Å². The number of ether oxygens (including phenoxy) is 2. The number of amides is 2. The Balaban J connectivity index is 1.31. The van der Waals surface area contributed by atoms with Gasteiger partial charge in [0.25, 0.3) is 17.5 Å². The number of benzene rings is 3. The van der Waals surface area contributed by atoms with Crippen molar-refractivity contribution in [3.05, 3.63) is 86.9 Å². The van der Waals surface area contributed by atoms with Crippen LogP contribution < -0.4 is 25.2 Å². The highest BCUT2D eigenvalue weighted by Gasteiger charge is 2.24. The predicted molar refractivity (Wildman–Crippen MR) is 174 cm³/mol. The first-order valence-corrected chi connectivity index (χ1v) is 15.3. The van der Waals surface area contributed by atoms with Crippen molar-refractivity contribution in [2.24, 2.45) is 0 Å². The van der Waals surface area contributed by atoms with E-state index in [1.807, 2.05) is 30.3 Å². The van der Waals surface area contributed by atoms with E-state index in [1.54, 1.807) is 19.2 Å². The molecule has 0 aliphatic carbocycles. The number of carbonyl (C=O) groups excluding carboxylic acids is 2. The zero-order valence-corrected chi connectivity index (χ0v) is 25.9. The maximum Gasteiger partial charge on any atom is 0.270 e. The summed E-state index contributed by atoms with van der Waals surface area (Å²) in [7, 11) is 1.66. The van der Waals surface area contributed by atoms with Crippen LogP contribution >= 0.6 is 11.6 Å². The molecule has 2 fully saturated rings. The van der Waals surface area contributed by atoms with Crippen molar-refractivity contribution in [2.75, 3.05) is 87.8 Å². The molecule has 45 heavy (non-hydrogen) atoms. The van der Waals surface area contributed by atoms with Crippen LogP contribution in [0.2, 0.25) is 5.02 Å². The Morgan fingerprint density at radius 2 is 1.62 bits per heavy atom. The number of morpholine rings is 1. The van der Waals surface area contributed by atoms with Crippen LogP contribution in [0.1, 0.15) is 27.1 Å². The van der Waals surface area contributed by atoms with Gasteiger partial charge in [-0.15, -0.1) is 0 Å². The minimum absolute atomic E-state index is 0.0375. The molecule has 238 valence electrons. The highest BCUT2D eigenvalue weighted by molar-refractivity contribution is 6.34. The number of hydrogen-bond acceptors (Lipinski definition) is 9. The van der Waals surface area contributed by atoms with E-state index in [1.165, 1.54) is 12.1 Å². The van der Waals surface area contributed by atoms with Crippen molar-refractivity contribution >= 4 is 46.2 Å². The third-order valence-corrected chi connectivity index (χ3v) is 8.31. The first-order valence-electron chi connectivity index (χ1n) is 14.9. The van der Waals surface area contributed by atoms with E-state index < -0.39 is 10.8 Å². The quantitative estimate of drug-likeness (QED) is 0.180. The van der Waals surface area contributed by atoms with Crippen LogP contribution in [-0.2, 0) is 4.74 Å². The summed E-state index contributed by atoms with van der Waals surface area (Å²) >= 11 is 6.19. The van der Waals surface area contributed by atoms with Crippen molar-refractivity contribution in [3.63, 3.8) is 0 Å². The number of rotatable bonds is 11. The molecule has 0 radical (unpaired) electrons. The molecule has 0 bridgehead atoms. The van der Waals surface area contributed by atoms with Crippen LogP contribution in [0.3, 0.4) is 0 Å². The molecule has 2 aliphatic rings. The first kappa shape index (κ1) is 32.0. The van der Waals surface area contributed by atoms with E-state index in [4.69, 9.17) is 21.1 Å². The van der Waals surface area contributed by atoms with Crippen LogP contribution in [0.15, 0.2) is 60.7 Å². The largest absolute Gasteiger partial charge is 0.495 e. The zero-order valence-electron chi connectivity index (χ0n) is 25.2. The number of nitro benzene ring substituents is 1. The summed E-state index contributed by atoms with van der Waals surface area (Å²) in [6.45, 7) is 7.43. The number of methoxy groups -OCH3 is 1. The van der Waals surface area contributed by atoms with E-state index in [0.29, 0.717) is 30.9 Å². The SMILES string of the molecule is COc1ccccc1N1CCN(c2ccc(NC(=O)c3ccc([N+](=O)[O-])cc3Cl)cc2C(=O)NCCCN2CCOCC2)CC1. The fourth-order valence-corrected chi connectivity index (χ4v) is 5.84. The Morgan fingerprint density at radius 1 is 0.911 bits per heavy atom. The van der Waals surface area contributed by atoms with Crippen LogP contribution in [0.5, 0.6) is 5.75 Å². The number of anilines is 3. The number of piperazine rings is 1.